The van der Waals surface area contributed by atoms with E-state index in [1.165, 1.54) is 11.1 Å². The van der Waals surface area contributed by atoms with E-state index < -0.39 is 6.16 Å². The van der Waals surface area contributed by atoms with Crippen LogP contribution in [0.1, 0.15) is 59.3 Å². The van der Waals surface area contributed by atoms with Gasteiger partial charge in [-0.1, -0.05) is 36.3 Å². The van der Waals surface area contributed by atoms with E-state index in [9.17, 15) is 9.90 Å². The maximum atomic E-state index is 11.9. The third kappa shape index (κ3) is 3.84. The lowest BCUT2D eigenvalue weighted by atomic mass is 9.66. The smallest absolute Gasteiger partial charge is 0.426 e. The van der Waals surface area contributed by atoms with Crippen LogP contribution in [0.5, 0.6) is 0 Å². The maximum Gasteiger partial charge on any atom is 0.509 e. The number of allylic oxidation sites excluding steroid dienone is 4. The van der Waals surface area contributed by atoms with Gasteiger partial charge in [0.05, 0.1) is 6.61 Å². The summed E-state index contributed by atoms with van der Waals surface area (Å²) in [7, 11) is 0. The summed E-state index contributed by atoms with van der Waals surface area (Å²) in [6, 6.07) is 0. The van der Waals surface area contributed by atoms with Crippen molar-refractivity contribution in [1.82, 2.24) is 0 Å². The van der Waals surface area contributed by atoms with Crippen molar-refractivity contribution in [3.05, 3.63) is 34.9 Å². The molecule has 0 aromatic carbocycles. The first kappa shape index (κ1) is 18.2. The summed E-state index contributed by atoms with van der Waals surface area (Å²) in [4.78, 5) is 11.9. The van der Waals surface area contributed by atoms with Crippen LogP contribution in [0.25, 0.3) is 0 Å². The van der Waals surface area contributed by atoms with Gasteiger partial charge in [0.2, 0.25) is 0 Å². The zero-order valence-electron chi connectivity index (χ0n) is 15.6. The molecule has 4 atom stereocenters. The van der Waals surface area contributed by atoms with Crippen molar-refractivity contribution in [2.75, 3.05) is 6.61 Å². The zero-order chi connectivity index (χ0) is 18.0. The van der Waals surface area contributed by atoms with Gasteiger partial charge in [-0.3, -0.25) is 0 Å². The normalized spacial score (nSPS) is 38.5. The first-order valence-corrected chi connectivity index (χ1v) is 9.44. The number of carbonyl (C=O) groups excluding carboxylic acids is 1. The van der Waals surface area contributed by atoms with Crippen molar-refractivity contribution in [2.24, 2.45) is 11.3 Å². The minimum Gasteiger partial charge on any atom is -0.426 e. The highest BCUT2D eigenvalue weighted by atomic mass is 16.8. The van der Waals surface area contributed by atoms with Gasteiger partial charge < -0.3 is 14.6 Å². The van der Waals surface area contributed by atoms with E-state index in [2.05, 4.69) is 39.0 Å². The Hall–Kier alpha value is -1.55. The number of carbonyl (C=O) groups is 1. The monoisotopic (exact) mass is 346 g/mol. The van der Waals surface area contributed by atoms with E-state index >= 15 is 0 Å². The minimum atomic E-state index is -0.567. The van der Waals surface area contributed by atoms with Crippen LogP contribution in [-0.2, 0) is 9.47 Å². The predicted molar refractivity (Wildman–Crippen MR) is 97.1 cm³/mol. The van der Waals surface area contributed by atoms with Gasteiger partial charge in [0.1, 0.15) is 6.10 Å². The summed E-state index contributed by atoms with van der Waals surface area (Å²) in [5.74, 6) is 0.0399. The van der Waals surface area contributed by atoms with Gasteiger partial charge >= 0.3 is 6.16 Å². The summed E-state index contributed by atoms with van der Waals surface area (Å²) < 4.78 is 11.2. The van der Waals surface area contributed by atoms with E-state index in [1.807, 2.05) is 0 Å². The second-order valence-electron chi connectivity index (χ2n) is 8.08. The lowest BCUT2D eigenvalue weighted by Crippen LogP contribution is -2.47. The van der Waals surface area contributed by atoms with Crippen molar-refractivity contribution in [3.63, 3.8) is 0 Å². The molecule has 0 aromatic heterocycles. The Morgan fingerprint density at radius 3 is 2.64 bits per heavy atom. The van der Waals surface area contributed by atoms with Crippen LogP contribution in [0.15, 0.2) is 34.9 Å². The summed E-state index contributed by atoms with van der Waals surface area (Å²) in [6.45, 7) is 6.48. The molecule has 1 fully saturated rings. The lowest BCUT2D eigenvalue weighted by molar-refractivity contribution is 0.0166. The molecule has 0 radical (unpaired) electrons. The number of aliphatic hydroxyl groups excluding tert-OH is 1. The molecule has 4 nitrogen and oxygen atoms in total. The first-order valence-electron chi connectivity index (χ1n) is 9.44. The largest absolute Gasteiger partial charge is 0.509 e. The molecule has 3 rings (SSSR count). The summed E-state index contributed by atoms with van der Waals surface area (Å²) in [6.07, 6.45) is 11.5. The number of aliphatic hydroxyl groups is 1. The van der Waals surface area contributed by atoms with Crippen LogP contribution in [0.2, 0.25) is 0 Å². The van der Waals surface area contributed by atoms with Gasteiger partial charge in [0, 0.05) is 11.3 Å². The van der Waals surface area contributed by atoms with Gasteiger partial charge in [-0.15, -0.1) is 0 Å². The molecular formula is C21H30O4. The molecule has 0 spiro atoms. The molecule has 0 amide bonds. The van der Waals surface area contributed by atoms with Crippen molar-refractivity contribution in [3.8, 4) is 0 Å². The molecule has 1 aliphatic heterocycles. The summed E-state index contributed by atoms with van der Waals surface area (Å²) in [5, 5.41) is 9.95. The molecular weight excluding hydrogens is 316 g/mol. The standard InChI is InChI=1S/C21H30O4/c1-14-6-4-7-15(2)9-10-17-16(13-22)12-21(3,11-5-8-14)19-18(17)24-20(23)25-19/h7-8,12,17-19,22H,4-6,9-11,13H2,1-3H3/b14-8+,15-7?/t17-,18-,19-,21-/m0/s1. The van der Waals surface area contributed by atoms with Gasteiger partial charge in [0.25, 0.3) is 0 Å². The molecule has 2 bridgehead atoms. The quantitative estimate of drug-likeness (QED) is 0.553. The van der Waals surface area contributed by atoms with E-state index in [-0.39, 0.29) is 30.1 Å². The second-order valence-corrected chi connectivity index (χ2v) is 8.08. The molecule has 0 aromatic rings. The van der Waals surface area contributed by atoms with Gasteiger partial charge in [-0.2, -0.15) is 0 Å². The SMILES string of the molecule is CC1=CCC/C(C)=C/CC[C@@]2(C)C=C(CO)[C@H](CC1)[C@@H]1OC(=O)O[C@@H]12. The minimum absolute atomic E-state index is 0.0126. The number of hydrogen-bond donors (Lipinski definition) is 1. The average molecular weight is 346 g/mol. The molecule has 138 valence electrons. The van der Waals surface area contributed by atoms with E-state index in [4.69, 9.17) is 9.47 Å². The Labute approximate surface area is 150 Å². The fourth-order valence-electron chi connectivity index (χ4n) is 4.49. The molecule has 0 saturated carbocycles. The van der Waals surface area contributed by atoms with Crippen molar-refractivity contribution in [2.45, 2.75) is 71.5 Å². The van der Waals surface area contributed by atoms with Crippen molar-refractivity contribution in [1.29, 1.82) is 0 Å². The Morgan fingerprint density at radius 2 is 1.88 bits per heavy atom. The van der Waals surface area contributed by atoms with E-state index in [1.54, 1.807) is 0 Å². The summed E-state index contributed by atoms with van der Waals surface area (Å²) in [5.41, 5.74) is 3.46. The van der Waals surface area contributed by atoms with Crippen LogP contribution < -0.4 is 0 Å². The Bertz CT molecular complexity index is 615. The average Bonchev–Trinajstić information content (AvgIpc) is 2.96. The molecule has 25 heavy (non-hydrogen) atoms. The Morgan fingerprint density at radius 1 is 1.16 bits per heavy atom. The molecule has 1 N–H and O–H groups in total. The van der Waals surface area contributed by atoms with Crippen LogP contribution in [0, 0.1) is 11.3 Å². The highest BCUT2D eigenvalue weighted by molar-refractivity contribution is 5.63. The molecule has 3 aliphatic rings. The molecule has 1 heterocycles. The number of rotatable bonds is 1. The van der Waals surface area contributed by atoms with Crippen LogP contribution in [0.4, 0.5) is 4.79 Å². The van der Waals surface area contributed by atoms with Crippen molar-refractivity contribution >= 4 is 6.16 Å². The predicted octanol–water partition coefficient (Wildman–Crippen LogP) is 4.69. The van der Waals surface area contributed by atoms with Crippen LogP contribution in [-0.4, -0.2) is 30.1 Å². The van der Waals surface area contributed by atoms with E-state index in [0.29, 0.717) is 0 Å². The van der Waals surface area contributed by atoms with Crippen molar-refractivity contribution < 1.29 is 19.4 Å². The molecule has 2 aliphatic carbocycles. The molecule has 0 unspecified atom stereocenters. The zero-order valence-corrected chi connectivity index (χ0v) is 15.6. The Kier molecular flexibility index (Phi) is 5.38. The third-order valence-electron chi connectivity index (χ3n) is 6.03. The fourth-order valence-corrected chi connectivity index (χ4v) is 4.49. The fraction of sp³-hybridized carbons (Fsp3) is 0.667. The first-order chi connectivity index (χ1) is 11.9. The van der Waals surface area contributed by atoms with Gasteiger partial charge in [-0.25, -0.2) is 4.79 Å². The highest BCUT2D eigenvalue weighted by Gasteiger charge is 2.54. The lowest BCUT2D eigenvalue weighted by Gasteiger charge is -2.42. The summed E-state index contributed by atoms with van der Waals surface area (Å²) >= 11 is 0. The van der Waals surface area contributed by atoms with Crippen LogP contribution >= 0.6 is 0 Å². The van der Waals surface area contributed by atoms with Gasteiger partial charge in [0.15, 0.2) is 6.10 Å². The third-order valence-corrected chi connectivity index (χ3v) is 6.03. The Balaban J connectivity index is 1.97. The van der Waals surface area contributed by atoms with Crippen LogP contribution in [0.3, 0.4) is 0 Å². The number of ether oxygens (including phenoxy) is 2. The molecule has 4 heteroatoms. The topological polar surface area (TPSA) is 55.8 Å². The van der Waals surface area contributed by atoms with Gasteiger partial charge in [-0.05, 0) is 57.9 Å². The maximum absolute atomic E-state index is 11.9. The van der Waals surface area contributed by atoms with E-state index in [0.717, 1.165) is 44.1 Å². The number of fused-ring (bicyclic) bond motifs is 5. The second kappa shape index (κ2) is 7.36. The highest BCUT2D eigenvalue weighted by Crippen LogP contribution is 2.48. The number of hydrogen-bond acceptors (Lipinski definition) is 4. The molecule has 1 saturated heterocycles.